The highest BCUT2D eigenvalue weighted by Gasteiger charge is 2.19. The lowest BCUT2D eigenvalue weighted by Crippen LogP contribution is -2.05. The predicted octanol–water partition coefficient (Wildman–Crippen LogP) is 1.97. The molecule has 0 radical (unpaired) electrons. The smallest absolute Gasteiger partial charge is 0.362 e. The summed E-state index contributed by atoms with van der Waals surface area (Å²) in [5.41, 5.74) is 0.382. The van der Waals surface area contributed by atoms with Crippen LogP contribution in [0, 0.1) is 27.2 Å². The van der Waals surface area contributed by atoms with Gasteiger partial charge in [0.1, 0.15) is 0 Å². The van der Waals surface area contributed by atoms with Crippen LogP contribution < -0.4 is 4.74 Å². The topological polar surface area (TPSA) is 113 Å². The normalized spacial score (nSPS) is 10.5. The van der Waals surface area contributed by atoms with Crippen LogP contribution in [0.25, 0.3) is 0 Å². The molecule has 0 saturated heterocycles. The summed E-state index contributed by atoms with van der Waals surface area (Å²) in [5, 5.41) is 21.8. The lowest BCUT2D eigenvalue weighted by Gasteiger charge is -2.12. The fourth-order valence-corrected chi connectivity index (χ4v) is 2.31. The first-order valence-corrected chi connectivity index (χ1v) is 6.45. The monoisotopic (exact) mass is 323 g/mol. The van der Waals surface area contributed by atoms with Gasteiger partial charge in [0.15, 0.2) is 5.75 Å². The van der Waals surface area contributed by atoms with Crippen molar-refractivity contribution in [1.29, 1.82) is 0 Å². The molecule has 0 saturated carbocycles. The van der Waals surface area contributed by atoms with Crippen LogP contribution in [0.3, 0.4) is 0 Å². The largest absolute Gasteiger partial charge is 0.754 e. The Hall–Kier alpha value is -2.75. The molecular weight excluding hydrogens is 312 g/mol. The van der Waals surface area contributed by atoms with Gasteiger partial charge < -0.3 is 32.0 Å². The van der Waals surface area contributed by atoms with Gasteiger partial charge >= 0.3 is 11.5 Å². The number of aromatic nitrogens is 2. The molecule has 0 fully saturated rings. The van der Waals surface area contributed by atoms with Crippen molar-refractivity contribution in [3.05, 3.63) is 49.8 Å². The molecule has 0 aliphatic carbocycles. The van der Waals surface area contributed by atoms with E-state index in [9.17, 15) is 20.2 Å². The standard InChI is InChI=1S/C12H12N4O5S/c1-7-13-11(16(19)20)12(22)14(7)6-8-3-4-10(21-2)9(5-8)15(17)18/h3-5,22H,6H2,1-2H3/p-1. The highest BCUT2D eigenvalue weighted by molar-refractivity contribution is 7.58. The molecule has 2 aromatic rings. The van der Waals surface area contributed by atoms with Crippen molar-refractivity contribution in [2.24, 2.45) is 0 Å². The summed E-state index contributed by atoms with van der Waals surface area (Å²) < 4.78 is 6.38. The average Bonchev–Trinajstić information content (AvgIpc) is 2.75. The van der Waals surface area contributed by atoms with E-state index in [1.54, 1.807) is 13.0 Å². The van der Waals surface area contributed by atoms with Gasteiger partial charge in [-0.1, -0.05) is 6.07 Å². The minimum absolute atomic E-state index is 0.0130. The number of imidazole rings is 1. The van der Waals surface area contributed by atoms with Gasteiger partial charge in [-0.2, -0.15) is 0 Å². The molecule has 0 atom stereocenters. The Labute approximate surface area is 130 Å². The van der Waals surface area contributed by atoms with Crippen molar-refractivity contribution in [2.45, 2.75) is 18.5 Å². The number of hydrogen-bond acceptors (Lipinski definition) is 7. The van der Waals surface area contributed by atoms with Crippen molar-refractivity contribution in [3.8, 4) is 5.75 Å². The third-order valence-electron chi connectivity index (χ3n) is 3.05. The third kappa shape index (κ3) is 2.81. The number of aryl methyl sites for hydroxylation is 1. The van der Waals surface area contributed by atoms with E-state index < -0.39 is 15.7 Å². The second-order valence-corrected chi connectivity index (χ2v) is 4.78. The first-order valence-electron chi connectivity index (χ1n) is 6.05. The van der Waals surface area contributed by atoms with Gasteiger partial charge in [0.05, 0.1) is 12.0 Å². The van der Waals surface area contributed by atoms with Crippen molar-refractivity contribution in [2.75, 3.05) is 7.11 Å². The van der Waals surface area contributed by atoms with Gasteiger partial charge in [0.2, 0.25) is 5.82 Å². The zero-order valence-corrected chi connectivity index (χ0v) is 12.5. The third-order valence-corrected chi connectivity index (χ3v) is 3.45. The van der Waals surface area contributed by atoms with E-state index in [4.69, 9.17) is 17.4 Å². The van der Waals surface area contributed by atoms with Crippen LogP contribution in [0.2, 0.25) is 0 Å². The van der Waals surface area contributed by atoms with E-state index >= 15 is 0 Å². The van der Waals surface area contributed by atoms with Gasteiger partial charge in [-0.25, -0.2) is 0 Å². The maximum absolute atomic E-state index is 11.0. The molecule has 0 bridgehead atoms. The van der Waals surface area contributed by atoms with Crippen molar-refractivity contribution < 1.29 is 14.6 Å². The number of methoxy groups -OCH3 is 1. The van der Waals surface area contributed by atoms with Gasteiger partial charge in [0, 0.05) is 19.5 Å². The molecule has 1 heterocycles. The SMILES string of the molecule is COc1ccc(Cn2c(C)nc([N+](=O)[O-])c2[S-])cc1[N+](=O)[O-]. The minimum atomic E-state index is -0.650. The molecule has 9 nitrogen and oxygen atoms in total. The van der Waals surface area contributed by atoms with Crippen LogP contribution >= 0.6 is 0 Å². The quantitative estimate of drug-likeness (QED) is 0.469. The summed E-state index contributed by atoms with van der Waals surface area (Å²) in [7, 11) is 1.34. The number of nitrogens with zero attached hydrogens (tertiary/aromatic N) is 4. The Morgan fingerprint density at radius 3 is 2.50 bits per heavy atom. The Bertz CT molecular complexity index is 758. The fraction of sp³-hybridized carbons (Fsp3) is 0.250. The van der Waals surface area contributed by atoms with Crippen molar-refractivity contribution >= 4 is 24.1 Å². The second-order valence-electron chi connectivity index (χ2n) is 4.39. The first kappa shape index (κ1) is 15.6. The Kier molecular flexibility index (Phi) is 4.22. The van der Waals surface area contributed by atoms with Crippen LogP contribution in [0.1, 0.15) is 11.4 Å². The highest BCUT2D eigenvalue weighted by Crippen LogP contribution is 2.28. The van der Waals surface area contributed by atoms with Crippen LogP contribution in [-0.2, 0) is 19.2 Å². The molecule has 0 aliphatic rings. The lowest BCUT2D eigenvalue weighted by molar-refractivity contribution is -0.392. The van der Waals surface area contributed by atoms with Gasteiger partial charge in [-0.15, -0.1) is 0 Å². The molecule has 0 unspecified atom stereocenters. The number of hydrogen-bond donors (Lipinski definition) is 0. The van der Waals surface area contributed by atoms with E-state index in [0.29, 0.717) is 11.4 Å². The van der Waals surface area contributed by atoms with Gasteiger partial charge in [-0.3, -0.25) is 10.1 Å². The van der Waals surface area contributed by atoms with Crippen LogP contribution in [-0.4, -0.2) is 26.5 Å². The van der Waals surface area contributed by atoms with Gasteiger partial charge in [0.25, 0.3) is 0 Å². The van der Waals surface area contributed by atoms with Crippen molar-refractivity contribution in [1.82, 2.24) is 9.55 Å². The zero-order valence-electron chi connectivity index (χ0n) is 11.7. The zero-order chi connectivity index (χ0) is 16.4. The van der Waals surface area contributed by atoms with E-state index in [1.165, 1.54) is 23.8 Å². The minimum Gasteiger partial charge on any atom is -0.754 e. The number of rotatable bonds is 5. The average molecular weight is 323 g/mol. The molecule has 0 N–H and O–H groups in total. The molecule has 10 heteroatoms. The van der Waals surface area contributed by atoms with Gasteiger partial charge in [-0.05, 0) is 26.6 Å². The summed E-state index contributed by atoms with van der Waals surface area (Å²) in [6, 6.07) is 4.45. The first-order chi connectivity index (χ1) is 10.3. The number of nitro groups is 2. The number of nitro benzene ring substituents is 1. The molecule has 22 heavy (non-hydrogen) atoms. The molecule has 0 amide bonds. The summed E-state index contributed by atoms with van der Waals surface area (Å²) >= 11 is 5.02. The second kappa shape index (κ2) is 5.93. The number of ether oxygens (including phenoxy) is 1. The highest BCUT2D eigenvalue weighted by atomic mass is 32.1. The molecular formula is C12H11N4O5S-. The van der Waals surface area contributed by atoms with E-state index in [2.05, 4.69) is 4.98 Å². The summed E-state index contributed by atoms with van der Waals surface area (Å²) in [4.78, 5) is 24.4. The summed E-state index contributed by atoms with van der Waals surface area (Å²) in [6.07, 6.45) is 0. The lowest BCUT2D eigenvalue weighted by atomic mass is 10.2. The van der Waals surface area contributed by atoms with E-state index in [-0.39, 0.29) is 23.0 Å². The van der Waals surface area contributed by atoms with Crippen LogP contribution in [0.15, 0.2) is 23.2 Å². The maximum Gasteiger partial charge on any atom is 0.362 e. The molecule has 2 rings (SSSR count). The Morgan fingerprint density at radius 1 is 1.32 bits per heavy atom. The van der Waals surface area contributed by atoms with Crippen molar-refractivity contribution in [3.63, 3.8) is 0 Å². The Balaban J connectivity index is 2.42. The Morgan fingerprint density at radius 2 is 2.00 bits per heavy atom. The molecule has 0 spiro atoms. The molecule has 1 aromatic carbocycles. The van der Waals surface area contributed by atoms with Crippen LogP contribution in [0.5, 0.6) is 5.75 Å². The fourth-order valence-electron chi connectivity index (χ4n) is 1.99. The van der Waals surface area contributed by atoms with Crippen LogP contribution in [0.4, 0.5) is 11.5 Å². The summed E-state index contributed by atoms with van der Waals surface area (Å²) in [6.45, 7) is 1.73. The predicted molar refractivity (Wildman–Crippen MR) is 78.0 cm³/mol. The molecule has 0 aliphatic heterocycles. The maximum atomic E-state index is 11.0. The van der Waals surface area contributed by atoms with E-state index in [0.717, 1.165) is 0 Å². The number of benzene rings is 1. The molecule has 1 aromatic heterocycles. The summed E-state index contributed by atoms with van der Waals surface area (Å²) in [5.74, 6) is 0.117. The molecule has 116 valence electrons. The van der Waals surface area contributed by atoms with E-state index in [1.807, 2.05) is 0 Å².